The number of piperidine rings is 1. The van der Waals surface area contributed by atoms with Gasteiger partial charge >= 0.3 is 6.36 Å². The van der Waals surface area contributed by atoms with Crippen LogP contribution in [0.2, 0.25) is 0 Å². The molecule has 6 nitrogen and oxygen atoms in total. The fraction of sp³-hybridized carbons (Fsp3) is 0.632. The van der Waals surface area contributed by atoms with Crippen LogP contribution < -0.4 is 10.1 Å². The number of amides is 1. The third-order valence-corrected chi connectivity index (χ3v) is 7.28. The van der Waals surface area contributed by atoms with Gasteiger partial charge in [-0.05, 0) is 49.9 Å². The van der Waals surface area contributed by atoms with E-state index in [0.29, 0.717) is 19.4 Å². The summed E-state index contributed by atoms with van der Waals surface area (Å²) in [5.74, 6) is -0.493. The number of benzene rings is 1. The minimum atomic E-state index is -4.84. The summed E-state index contributed by atoms with van der Waals surface area (Å²) in [5, 5.41) is 2.99. The summed E-state index contributed by atoms with van der Waals surface area (Å²) in [6, 6.07) is 3.89. The van der Waals surface area contributed by atoms with Crippen molar-refractivity contribution in [3.8, 4) is 5.75 Å². The largest absolute Gasteiger partial charge is 0.573 e. The monoisotopic (exact) mass is 434 g/mol. The van der Waals surface area contributed by atoms with E-state index < -0.39 is 22.1 Å². The van der Waals surface area contributed by atoms with E-state index in [2.05, 4.69) is 10.1 Å². The highest BCUT2D eigenvalue weighted by Crippen LogP contribution is 2.27. The lowest BCUT2D eigenvalue weighted by molar-refractivity contribution is -0.274. The molecule has 0 unspecified atom stereocenters. The summed E-state index contributed by atoms with van der Waals surface area (Å²) in [4.78, 5) is 12.4. The molecule has 0 bridgehead atoms. The first-order valence-corrected chi connectivity index (χ1v) is 11.3. The third kappa shape index (κ3) is 5.85. The molecule has 1 saturated carbocycles. The molecule has 2 fully saturated rings. The molecule has 0 aromatic heterocycles. The molecule has 1 aliphatic carbocycles. The Labute approximate surface area is 168 Å². The van der Waals surface area contributed by atoms with Crippen LogP contribution in [0.4, 0.5) is 13.2 Å². The molecule has 29 heavy (non-hydrogen) atoms. The van der Waals surface area contributed by atoms with Crippen molar-refractivity contribution < 1.29 is 31.1 Å². The van der Waals surface area contributed by atoms with Crippen molar-refractivity contribution in [3.63, 3.8) is 0 Å². The molecule has 1 amide bonds. The Hall–Kier alpha value is -1.81. The Morgan fingerprint density at radius 3 is 2.31 bits per heavy atom. The van der Waals surface area contributed by atoms with Crippen LogP contribution in [-0.2, 0) is 14.8 Å². The molecule has 1 aromatic rings. The lowest BCUT2D eigenvalue weighted by Crippen LogP contribution is -2.50. The zero-order valence-corrected chi connectivity index (χ0v) is 16.8. The highest BCUT2D eigenvalue weighted by atomic mass is 32.2. The maximum absolute atomic E-state index is 12.9. The number of ether oxygens (including phenoxy) is 1. The number of carbonyl (C=O) groups excluding carboxylic acids is 1. The fourth-order valence-electron chi connectivity index (χ4n) is 3.92. The summed E-state index contributed by atoms with van der Waals surface area (Å²) in [6.07, 6.45) is 1.42. The van der Waals surface area contributed by atoms with Gasteiger partial charge in [-0.3, -0.25) is 4.79 Å². The summed E-state index contributed by atoms with van der Waals surface area (Å²) in [6.45, 7) is 0.459. The molecule has 1 aromatic carbocycles. The van der Waals surface area contributed by atoms with E-state index in [1.165, 1.54) is 4.31 Å². The summed E-state index contributed by atoms with van der Waals surface area (Å²) in [5.41, 5.74) is 0. The van der Waals surface area contributed by atoms with Crippen LogP contribution in [0.3, 0.4) is 0 Å². The lowest BCUT2D eigenvalue weighted by atomic mass is 9.88. The minimum Gasteiger partial charge on any atom is -0.406 e. The Kier molecular flexibility index (Phi) is 6.72. The van der Waals surface area contributed by atoms with Gasteiger partial charge in [-0.1, -0.05) is 19.3 Å². The molecule has 162 valence electrons. The topological polar surface area (TPSA) is 75.7 Å². The first-order valence-electron chi connectivity index (χ1n) is 9.81. The molecule has 0 radical (unpaired) electrons. The van der Waals surface area contributed by atoms with Crippen molar-refractivity contribution in [2.45, 2.75) is 62.2 Å². The zero-order valence-electron chi connectivity index (χ0n) is 16.0. The molecule has 1 atom stereocenters. The number of halogens is 3. The van der Waals surface area contributed by atoms with Crippen LogP contribution in [0.5, 0.6) is 5.75 Å². The van der Waals surface area contributed by atoms with Gasteiger partial charge in [0, 0.05) is 25.0 Å². The predicted octanol–water partition coefficient (Wildman–Crippen LogP) is 3.43. The van der Waals surface area contributed by atoms with Crippen LogP contribution >= 0.6 is 0 Å². The first kappa shape index (κ1) is 21.9. The molecule has 0 spiro atoms. The van der Waals surface area contributed by atoms with Crippen LogP contribution in [0.25, 0.3) is 0 Å². The standard InChI is InChI=1S/C19H25F3N2O4S/c20-19(21,22)28-16-8-10-17(11-9-16)29(26,27)24-12-4-7-15(13-24)23-18(25)14-5-2-1-3-6-14/h8-11,14-15H,1-7,12-13H2,(H,23,25)/t15-/m0/s1. The van der Waals surface area contributed by atoms with Gasteiger partial charge in [0.2, 0.25) is 15.9 Å². The maximum Gasteiger partial charge on any atom is 0.573 e. The number of alkyl halides is 3. The van der Waals surface area contributed by atoms with Crippen LogP contribution in [0.15, 0.2) is 29.2 Å². The molecule has 10 heteroatoms. The molecule has 1 aliphatic heterocycles. The highest BCUT2D eigenvalue weighted by Gasteiger charge is 2.33. The van der Waals surface area contributed by atoms with Gasteiger partial charge in [0.1, 0.15) is 5.75 Å². The SMILES string of the molecule is O=C(N[C@H]1CCCN(S(=O)(=O)c2ccc(OC(F)(F)F)cc2)C1)C1CCCCC1. The number of carbonyl (C=O) groups is 1. The van der Waals surface area contributed by atoms with E-state index in [1.54, 1.807) is 0 Å². The molecule has 1 heterocycles. The van der Waals surface area contributed by atoms with Gasteiger partial charge in [0.05, 0.1) is 4.90 Å². The van der Waals surface area contributed by atoms with E-state index in [0.717, 1.165) is 56.4 Å². The second-order valence-electron chi connectivity index (χ2n) is 7.56. The average Bonchev–Trinajstić information content (AvgIpc) is 2.68. The molecular formula is C19H25F3N2O4S. The normalized spacial score (nSPS) is 22.2. The van der Waals surface area contributed by atoms with Gasteiger partial charge in [-0.25, -0.2) is 8.42 Å². The van der Waals surface area contributed by atoms with Gasteiger partial charge in [-0.2, -0.15) is 4.31 Å². The smallest absolute Gasteiger partial charge is 0.406 e. The number of nitrogens with one attached hydrogen (secondary N) is 1. The molecule has 3 rings (SSSR count). The molecule has 2 aliphatic rings. The molecule has 1 saturated heterocycles. The van der Waals surface area contributed by atoms with Crippen molar-refractivity contribution in [2.24, 2.45) is 5.92 Å². The van der Waals surface area contributed by atoms with Crippen LogP contribution in [0, 0.1) is 5.92 Å². The highest BCUT2D eigenvalue weighted by molar-refractivity contribution is 7.89. The van der Waals surface area contributed by atoms with E-state index in [4.69, 9.17) is 0 Å². The van der Waals surface area contributed by atoms with Gasteiger partial charge in [0.25, 0.3) is 0 Å². The minimum absolute atomic E-state index is 0.00286. The maximum atomic E-state index is 12.9. The van der Waals surface area contributed by atoms with Crippen molar-refractivity contribution in [3.05, 3.63) is 24.3 Å². The Morgan fingerprint density at radius 1 is 1.03 bits per heavy atom. The van der Waals surface area contributed by atoms with Gasteiger partial charge in [0.15, 0.2) is 0 Å². The van der Waals surface area contributed by atoms with Gasteiger partial charge in [-0.15, -0.1) is 13.2 Å². The van der Waals surface area contributed by atoms with E-state index >= 15 is 0 Å². The Morgan fingerprint density at radius 2 is 1.69 bits per heavy atom. The van der Waals surface area contributed by atoms with E-state index in [-0.39, 0.29) is 29.3 Å². The fourth-order valence-corrected chi connectivity index (χ4v) is 5.45. The van der Waals surface area contributed by atoms with E-state index in [9.17, 15) is 26.4 Å². The quantitative estimate of drug-likeness (QED) is 0.771. The van der Waals surface area contributed by atoms with Crippen LogP contribution in [0.1, 0.15) is 44.9 Å². The average molecular weight is 434 g/mol. The Bertz CT molecular complexity index is 806. The van der Waals surface area contributed by atoms with Crippen molar-refractivity contribution in [1.29, 1.82) is 0 Å². The number of sulfonamides is 1. The molecule has 1 N–H and O–H groups in total. The van der Waals surface area contributed by atoms with Crippen molar-refractivity contribution >= 4 is 15.9 Å². The number of nitrogens with zero attached hydrogens (tertiary/aromatic N) is 1. The molecular weight excluding hydrogens is 409 g/mol. The van der Waals surface area contributed by atoms with E-state index in [1.807, 2.05) is 0 Å². The lowest BCUT2D eigenvalue weighted by Gasteiger charge is -2.33. The van der Waals surface area contributed by atoms with Crippen LogP contribution in [-0.4, -0.2) is 44.1 Å². The van der Waals surface area contributed by atoms with Gasteiger partial charge < -0.3 is 10.1 Å². The first-order chi connectivity index (χ1) is 13.6. The third-order valence-electron chi connectivity index (χ3n) is 5.40. The summed E-state index contributed by atoms with van der Waals surface area (Å²) < 4.78 is 67.6. The second kappa shape index (κ2) is 8.91. The Balaban J connectivity index is 1.63. The second-order valence-corrected chi connectivity index (χ2v) is 9.50. The summed E-state index contributed by atoms with van der Waals surface area (Å²) in [7, 11) is -3.87. The predicted molar refractivity (Wildman–Crippen MR) is 99.6 cm³/mol. The van der Waals surface area contributed by atoms with Crippen molar-refractivity contribution in [2.75, 3.05) is 13.1 Å². The zero-order chi connectivity index (χ0) is 21.1. The number of rotatable bonds is 5. The van der Waals surface area contributed by atoms with Crippen molar-refractivity contribution in [1.82, 2.24) is 9.62 Å². The number of hydrogen-bond acceptors (Lipinski definition) is 4. The summed E-state index contributed by atoms with van der Waals surface area (Å²) >= 11 is 0. The number of hydrogen-bond donors (Lipinski definition) is 1.